The van der Waals surface area contributed by atoms with Gasteiger partial charge in [0.05, 0.1) is 11.2 Å². The molecule has 2 atom stereocenters. The molecule has 2 aliphatic heterocycles. The maximum Gasteiger partial charge on any atom is 0.354 e. The molecule has 2 saturated heterocycles. The van der Waals surface area contributed by atoms with Crippen molar-refractivity contribution >= 4 is 30.2 Å². The molecule has 0 saturated carbocycles. The first-order valence-corrected chi connectivity index (χ1v) is 13.5. The molecule has 5 N–H and O–H groups in total. The Hall–Kier alpha value is -3.19. The Kier molecular flexibility index (Phi) is 10.5. The fraction of sp³-hybridized carbons (Fsp3) is 0.556. The molecule has 12 nitrogen and oxygen atoms in total. The fourth-order valence-electron chi connectivity index (χ4n) is 4.97. The Morgan fingerprint density at radius 1 is 1.10 bits per heavy atom. The summed E-state index contributed by atoms with van der Waals surface area (Å²) in [5.41, 5.74) is 10.9. The Morgan fingerprint density at radius 3 is 2.33 bits per heavy atom. The van der Waals surface area contributed by atoms with E-state index in [1.54, 1.807) is 48.0 Å². The van der Waals surface area contributed by atoms with E-state index in [1.807, 2.05) is 19.1 Å². The number of aromatic nitrogens is 2. The number of amides is 3. The van der Waals surface area contributed by atoms with Crippen LogP contribution in [0.4, 0.5) is 10.6 Å². The van der Waals surface area contributed by atoms with Crippen LogP contribution in [0.15, 0.2) is 41.3 Å². The monoisotopic (exact) mass is 576 g/mol. The highest BCUT2D eigenvalue weighted by Crippen LogP contribution is 2.19. The van der Waals surface area contributed by atoms with Gasteiger partial charge in [-0.1, -0.05) is 0 Å². The van der Waals surface area contributed by atoms with E-state index in [9.17, 15) is 14.4 Å². The molecule has 0 aliphatic carbocycles. The molecule has 0 bridgehead atoms. The smallest absolute Gasteiger partial charge is 0.354 e. The van der Waals surface area contributed by atoms with Crippen LogP contribution in [0.5, 0.6) is 5.75 Å². The van der Waals surface area contributed by atoms with Gasteiger partial charge in [0, 0.05) is 45.5 Å². The van der Waals surface area contributed by atoms with Crippen molar-refractivity contribution < 1.29 is 14.3 Å². The van der Waals surface area contributed by atoms with Gasteiger partial charge in [-0.3, -0.25) is 19.6 Å². The van der Waals surface area contributed by atoms with Gasteiger partial charge < -0.3 is 26.0 Å². The number of ether oxygens (including phenoxy) is 1. The Morgan fingerprint density at radius 2 is 1.75 bits per heavy atom. The summed E-state index contributed by atoms with van der Waals surface area (Å²) in [5, 5.41) is 2.68. The summed E-state index contributed by atoms with van der Waals surface area (Å²) in [6, 6.07) is 8.46. The molecule has 220 valence electrons. The molecule has 3 heterocycles. The lowest BCUT2D eigenvalue weighted by Gasteiger charge is -2.37. The number of anilines is 1. The number of piperazine rings is 1. The summed E-state index contributed by atoms with van der Waals surface area (Å²) in [6.07, 6.45) is 2.73. The van der Waals surface area contributed by atoms with E-state index in [-0.39, 0.29) is 36.3 Å². The third-order valence-electron chi connectivity index (χ3n) is 7.11. The molecule has 0 radical (unpaired) electrons. The molecule has 3 amide bonds. The first-order chi connectivity index (χ1) is 18.5. The van der Waals surface area contributed by atoms with Crippen molar-refractivity contribution in [2.75, 3.05) is 57.7 Å². The predicted molar refractivity (Wildman–Crippen MR) is 156 cm³/mol. The van der Waals surface area contributed by atoms with Crippen molar-refractivity contribution in [3.05, 3.63) is 47.0 Å². The van der Waals surface area contributed by atoms with E-state index in [0.717, 1.165) is 38.3 Å². The van der Waals surface area contributed by atoms with Crippen LogP contribution in [0.25, 0.3) is 5.69 Å². The van der Waals surface area contributed by atoms with E-state index in [0.29, 0.717) is 37.8 Å². The van der Waals surface area contributed by atoms with Gasteiger partial charge in [-0.25, -0.2) is 9.59 Å². The topological polar surface area (TPSA) is 152 Å². The Balaban J connectivity index is 0.00000441. The zero-order valence-corrected chi connectivity index (χ0v) is 24.2. The highest BCUT2D eigenvalue weighted by atomic mass is 35.5. The number of benzene rings is 1. The van der Waals surface area contributed by atoms with Crippen LogP contribution in [0.2, 0.25) is 0 Å². The number of hydrogen-bond acceptors (Lipinski definition) is 8. The minimum Gasteiger partial charge on any atom is -0.489 e. The van der Waals surface area contributed by atoms with Crippen LogP contribution in [0.1, 0.15) is 27.2 Å². The maximum atomic E-state index is 12.7. The number of halogens is 1. The van der Waals surface area contributed by atoms with Gasteiger partial charge in [-0.15, -0.1) is 12.4 Å². The number of rotatable bonds is 8. The molecular formula is C27H41ClN8O4. The van der Waals surface area contributed by atoms with E-state index in [1.165, 1.54) is 4.57 Å². The highest BCUT2D eigenvalue weighted by molar-refractivity contribution is 5.89. The number of carbonyl (C=O) groups is 2. The zero-order valence-electron chi connectivity index (χ0n) is 23.4. The summed E-state index contributed by atoms with van der Waals surface area (Å²) in [5.74, 6) is 1.31. The average molecular weight is 577 g/mol. The van der Waals surface area contributed by atoms with Crippen molar-refractivity contribution in [3.8, 4) is 11.4 Å². The van der Waals surface area contributed by atoms with Gasteiger partial charge in [-0.2, -0.15) is 4.98 Å². The molecule has 4 rings (SSSR count). The number of likely N-dealkylation sites (tertiary alicyclic amines) is 1. The van der Waals surface area contributed by atoms with E-state index in [4.69, 9.17) is 16.2 Å². The van der Waals surface area contributed by atoms with Crippen LogP contribution < -0.4 is 27.2 Å². The third-order valence-corrected chi connectivity index (χ3v) is 7.11. The lowest BCUT2D eigenvalue weighted by Crippen LogP contribution is -2.58. The fourth-order valence-corrected chi connectivity index (χ4v) is 4.97. The highest BCUT2D eigenvalue weighted by Gasteiger charge is 2.31. The van der Waals surface area contributed by atoms with Crippen molar-refractivity contribution in [2.24, 2.45) is 17.4 Å². The first kappa shape index (κ1) is 31.3. The van der Waals surface area contributed by atoms with Crippen LogP contribution >= 0.6 is 12.4 Å². The van der Waals surface area contributed by atoms with Gasteiger partial charge in [-0.05, 0) is 76.5 Å². The van der Waals surface area contributed by atoms with Gasteiger partial charge >= 0.3 is 11.7 Å². The minimum atomic E-state index is -0.952. The molecule has 2 aliphatic rings. The van der Waals surface area contributed by atoms with Gasteiger partial charge in [0.15, 0.2) is 0 Å². The number of carbonyl (C=O) groups excluding carboxylic acids is 2. The lowest BCUT2D eigenvalue weighted by atomic mass is 10.1. The van der Waals surface area contributed by atoms with Crippen LogP contribution in [0.3, 0.4) is 0 Å². The summed E-state index contributed by atoms with van der Waals surface area (Å²) >= 11 is 0. The predicted octanol–water partition coefficient (Wildman–Crippen LogP) is 1.12. The first-order valence-electron chi connectivity index (χ1n) is 13.5. The number of nitrogens with one attached hydrogen (secondary N) is 1. The third kappa shape index (κ3) is 7.94. The maximum absolute atomic E-state index is 12.7. The summed E-state index contributed by atoms with van der Waals surface area (Å²) in [4.78, 5) is 47.4. The molecule has 1 aromatic carbocycles. The molecule has 40 heavy (non-hydrogen) atoms. The minimum absolute atomic E-state index is 0. The van der Waals surface area contributed by atoms with Crippen molar-refractivity contribution in [1.82, 2.24) is 24.3 Å². The number of urea groups is 1. The number of hydrogen-bond donors (Lipinski definition) is 3. The van der Waals surface area contributed by atoms with Gasteiger partial charge in [0.1, 0.15) is 17.7 Å². The Bertz CT molecular complexity index is 1210. The normalized spacial score (nSPS) is 18.7. The average Bonchev–Trinajstić information content (AvgIpc) is 3.36. The number of nitrogens with zero attached hydrogens (tertiary/aromatic N) is 5. The van der Waals surface area contributed by atoms with E-state index in [2.05, 4.69) is 15.2 Å². The lowest BCUT2D eigenvalue weighted by molar-refractivity contribution is -0.137. The van der Waals surface area contributed by atoms with Gasteiger partial charge in [0.2, 0.25) is 5.91 Å². The van der Waals surface area contributed by atoms with Crippen LogP contribution in [-0.2, 0) is 4.79 Å². The summed E-state index contributed by atoms with van der Waals surface area (Å²) < 4.78 is 7.47. The van der Waals surface area contributed by atoms with Crippen molar-refractivity contribution in [1.29, 1.82) is 0 Å². The summed E-state index contributed by atoms with van der Waals surface area (Å²) in [7, 11) is 0. The van der Waals surface area contributed by atoms with Crippen LogP contribution in [0, 0.1) is 5.92 Å². The molecule has 1 aromatic heterocycles. The second-order valence-electron chi connectivity index (χ2n) is 11.0. The molecule has 0 spiro atoms. The molecule has 2 unspecified atom stereocenters. The SMILES string of the molecule is CC(CN1CCC(CN)C1)Oc1ccc(-n2ccc(NC(=O)N3CCN(C(=O)C(C)(C)N)CC3)nc2=O)cc1.Cl. The second-order valence-corrected chi connectivity index (χ2v) is 11.0. The molecular weight excluding hydrogens is 536 g/mol. The standard InChI is InChI=1S/C27H40N8O4.ClH/c1-19(17-32-10-8-20(16-28)18-32)39-22-6-4-21(5-7-22)35-11-9-23(31-26(35)38)30-25(37)34-14-12-33(13-15-34)24(36)27(2,3)29;/h4-7,9,11,19-20H,8,10,12-18,28-29H2,1-3H3,(H,30,31,37,38);1H. The largest absolute Gasteiger partial charge is 0.489 e. The number of nitrogens with two attached hydrogens (primary N) is 2. The van der Waals surface area contributed by atoms with E-state index < -0.39 is 11.2 Å². The molecule has 13 heteroatoms. The van der Waals surface area contributed by atoms with Gasteiger partial charge in [0.25, 0.3) is 0 Å². The molecule has 2 aromatic rings. The van der Waals surface area contributed by atoms with Crippen molar-refractivity contribution in [2.45, 2.75) is 38.8 Å². The van der Waals surface area contributed by atoms with E-state index >= 15 is 0 Å². The second kappa shape index (κ2) is 13.4. The zero-order chi connectivity index (χ0) is 28.2. The quantitative estimate of drug-likeness (QED) is 0.423. The summed E-state index contributed by atoms with van der Waals surface area (Å²) in [6.45, 7) is 10.5. The Labute approximate surface area is 241 Å². The van der Waals surface area contributed by atoms with Crippen molar-refractivity contribution in [3.63, 3.8) is 0 Å². The molecule has 2 fully saturated rings. The van der Waals surface area contributed by atoms with Crippen LogP contribution in [-0.4, -0.2) is 100 Å².